The van der Waals surface area contributed by atoms with Gasteiger partial charge in [0.15, 0.2) is 5.78 Å². The summed E-state index contributed by atoms with van der Waals surface area (Å²) in [4.78, 5) is 23.6. The van der Waals surface area contributed by atoms with E-state index in [9.17, 15) is 9.59 Å². The minimum Gasteiger partial charge on any atom is -0.477 e. The number of Topliss-reactive ketones (excluding diaryl/α,β-unsaturated/α-hetero) is 1. The van der Waals surface area contributed by atoms with Gasteiger partial charge in [-0.1, -0.05) is 13.8 Å². The van der Waals surface area contributed by atoms with Crippen LogP contribution < -0.4 is 0 Å². The maximum Gasteiger partial charge on any atom is 0.345 e. The van der Waals surface area contributed by atoms with Gasteiger partial charge in [-0.25, -0.2) is 4.79 Å². The third kappa shape index (κ3) is 1.18. The van der Waals surface area contributed by atoms with Crippen molar-refractivity contribution in [2.75, 3.05) is 0 Å². The van der Waals surface area contributed by atoms with Crippen molar-refractivity contribution in [1.29, 1.82) is 0 Å². The number of carboxylic acid groups (broad SMARTS) is 1. The van der Waals surface area contributed by atoms with Crippen LogP contribution in [0.2, 0.25) is 0 Å². The van der Waals surface area contributed by atoms with Crippen LogP contribution in [0.15, 0.2) is 6.07 Å². The standard InChI is InChI=1S/C10H10O3S/c1-10(2)4-7-5(8(10)11)3-6(14-7)9(12)13/h3H,4H2,1-2H3,(H,12,13). The van der Waals surface area contributed by atoms with E-state index in [4.69, 9.17) is 5.11 Å². The molecule has 1 N–H and O–H groups in total. The number of aromatic carboxylic acids is 1. The molecule has 1 heterocycles. The Bertz CT molecular complexity index is 429. The van der Waals surface area contributed by atoms with Crippen LogP contribution >= 0.6 is 11.3 Å². The van der Waals surface area contributed by atoms with Crippen molar-refractivity contribution in [1.82, 2.24) is 0 Å². The predicted octanol–water partition coefficient (Wildman–Crippen LogP) is 2.21. The van der Waals surface area contributed by atoms with Gasteiger partial charge >= 0.3 is 5.97 Å². The topological polar surface area (TPSA) is 54.4 Å². The van der Waals surface area contributed by atoms with Crippen LogP contribution in [-0.2, 0) is 6.42 Å². The fourth-order valence-electron chi connectivity index (χ4n) is 1.70. The summed E-state index contributed by atoms with van der Waals surface area (Å²) >= 11 is 1.22. The first kappa shape index (κ1) is 9.40. The Kier molecular flexibility index (Phi) is 1.79. The molecule has 0 saturated carbocycles. The van der Waals surface area contributed by atoms with Gasteiger partial charge in [-0.15, -0.1) is 11.3 Å². The largest absolute Gasteiger partial charge is 0.477 e. The molecule has 0 atom stereocenters. The zero-order valence-corrected chi connectivity index (χ0v) is 8.77. The molecular weight excluding hydrogens is 200 g/mol. The van der Waals surface area contributed by atoms with Gasteiger partial charge in [-0.05, 0) is 12.5 Å². The van der Waals surface area contributed by atoms with E-state index in [1.54, 1.807) is 0 Å². The number of carbonyl (C=O) groups is 2. The average Bonchev–Trinajstić information content (AvgIpc) is 2.53. The lowest BCUT2D eigenvalue weighted by molar-refractivity contribution is 0.0702. The molecule has 2 rings (SSSR count). The van der Waals surface area contributed by atoms with E-state index in [-0.39, 0.29) is 16.1 Å². The lowest BCUT2D eigenvalue weighted by Gasteiger charge is -2.13. The Morgan fingerprint density at radius 3 is 2.71 bits per heavy atom. The van der Waals surface area contributed by atoms with Gasteiger partial charge < -0.3 is 5.11 Å². The highest BCUT2D eigenvalue weighted by atomic mass is 32.1. The first-order chi connectivity index (χ1) is 6.42. The van der Waals surface area contributed by atoms with Crippen LogP contribution in [0.5, 0.6) is 0 Å². The summed E-state index contributed by atoms with van der Waals surface area (Å²) in [7, 11) is 0. The Morgan fingerprint density at radius 1 is 1.57 bits per heavy atom. The van der Waals surface area contributed by atoms with Gasteiger partial charge in [-0.3, -0.25) is 4.79 Å². The van der Waals surface area contributed by atoms with Crippen LogP contribution in [0, 0.1) is 5.41 Å². The molecule has 0 aromatic carbocycles. The van der Waals surface area contributed by atoms with Crippen molar-refractivity contribution in [3.63, 3.8) is 0 Å². The number of hydrogen-bond donors (Lipinski definition) is 1. The molecule has 3 nitrogen and oxygen atoms in total. The number of carbonyl (C=O) groups excluding carboxylic acids is 1. The Labute approximate surface area is 85.4 Å². The first-order valence-corrected chi connectivity index (χ1v) is 5.14. The number of ketones is 1. The van der Waals surface area contributed by atoms with Crippen molar-refractivity contribution in [3.05, 3.63) is 21.4 Å². The smallest absolute Gasteiger partial charge is 0.345 e. The van der Waals surface area contributed by atoms with E-state index >= 15 is 0 Å². The van der Waals surface area contributed by atoms with Gasteiger partial charge in [0.05, 0.1) is 0 Å². The molecule has 0 bridgehead atoms. The van der Waals surface area contributed by atoms with Gasteiger partial charge in [0.2, 0.25) is 0 Å². The van der Waals surface area contributed by atoms with Crippen molar-refractivity contribution in [2.45, 2.75) is 20.3 Å². The average molecular weight is 210 g/mol. The Balaban J connectivity index is 2.48. The summed E-state index contributed by atoms with van der Waals surface area (Å²) in [6, 6.07) is 1.50. The lowest BCUT2D eigenvalue weighted by atomic mass is 9.89. The third-order valence-corrected chi connectivity index (χ3v) is 3.60. The second-order valence-corrected chi connectivity index (χ2v) is 5.28. The van der Waals surface area contributed by atoms with Crippen LogP contribution in [0.4, 0.5) is 0 Å². The summed E-state index contributed by atoms with van der Waals surface area (Å²) in [6.45, 7) is 3.78. The number of fused-ring (bicyclic) bond motifs is 1. The van der Waals surface area contributed by atoms with E-state index < -0.39 is 5.97 Å². The molecule has 1 aromatic heterocycles. The quantitative estimate of drug-likeness (QED) is 0.773. The summed E-state index contributed by atoms with van der Waals surface area (Å²) in [5.41, 5.74) is 0.260. The normalized spacial score (nSPS) is 18.3. The second kappa shape index (κ2) is 2.67. The van der Waals surface area contributed by atoms with Crippen molar-refractivity contribution in [2.24, 2.45) is 5.41 Å². The zero-order valence-electron chi connectivity index (χ0n) is 7.96. The molecule has 1 aromatic rings. The molecule has 1 aliphatic carbocycles. The molecule has 0 unspecified atom stereocenters. The fourth-order valence-corrected chi connectivity index (χ4v) is 2.93. The zero-order chi connectivity index (χ0) is 10.5. The van der Waals surface area contributed by atoms with Crippen molar-refractivity contribution in [3.8, 4) is 0 Å². The highest BCUT2D eigenvalue weighted by molar-refractivity contribution is 7.14. The van der Waals surface area contributed by atoms with Crippen molar-refractivity contribution >= 4 is 23.1 Å². The molecule has 0 fully saturated rings. The van der Waals surface area contributed by atoms with E-state index in [0.29, 0.717) is 12.0 Å². The molecule has 0 amide bonds. The highest BCUT2D eigenvalue weighted by Crippen LogP contribution is 2.40. The number of carboxylic acids is 1. The van der Waals surface area contributed by atoms with Gasteiger partial charge in [-0.2, -0.15) is 0 Å². The Hall–Kier alpha value is -1.16. The highest BCUT2D eigenvalue weighted by Gasteiger charge is 2.39. The van der Waals surface area contributed by atoms with Crippen LogP contribution in [0.3, 0.4) is 0 Å². The molecular formula is C10H10O3S. The van der Waals surface area contributed by atoms with Crippen LogP contribution in [0.25, 0.3) is 0 Å². The van der Waals surface area contributed by atoms with Crippen LogP contribution in [0.1, 0.15) is 38.8 Å². The van der Waals surface area contributed by atoms with E-state index in [2.05, 4.69) is 0 Å². The van der Waals surface area contributed by atoms with E-state index in [0.717, 1.165) is 4.88 Å². The molecule has 4 heteroatoms. The summed E-state index contributed by atoms with van der Waals surface area (Å²) in [5.74, 6) is -0.883. The monoisotopic (exact) mass is 210 g/mol. The molecule has 74 valence electrons. The van der Waals surface area contributed by atoms with Crippen LogP contribution in [-0.4, -0.2) is 16.9 Å². The maximum absolute atomic E-state index is 11.8. The number of hydrogen-bond acceptors (Lipinski definition) is 3. The minimum absolute atomic E-state index is 0.0660. The van der Waals surface area contributed by atoms with Gasteiger partial charge in [0.1, 0.15) is 4.88 Å². The molecule has 0 radical (unpaired) electrons. The number of thiophene rings is 1. The molecule has 0 saturated heterocycles. The predicted molar refractivity (Wildman–Crippen MR) is 53.1 cm³/mol. The van der Waals surface area contributed by atoms with E-state index in [1.165, 1.54) is 17.4 Å². The lowest BCUT2D eigenvalue weighted by Crippen LogP contribution is -2.19. The van der Waals surface area contributed by atoms with E-state index in [1.807, 2.05) is 13.8 Å². The summed E-state index contributed by atoms with van der Waals surface area (Å²) < 4.78 is 0. The third-order valence-electron chi connectivity index (χ3n) is 2.48. The first-order valence-electron chi connectivity index (χ1n) is 4.32. The molecule has 1 aliphatic rings. The number of rotatable bonds is 1. The van der Waals surface area contributed by atoms with Gasteiger partial charge in [0.25, 0.3) is 0 Å². The summed E-state index contributed by atoms with van der Waals surface area (Å²) in [5, 5.41) is 8.76. The second-order valence-electron chi connectivity index (χ2n) is 4.14. The fraction of sp³-hybridized carbons (Fsp3) is 0.400. The molecule has 0 aliphatic heterocycles. The summed E-state index contributed by atoms with van der Waals surface area (Å²) in [6.07, 6.45) is 0.666. The molecule has 0 spiro atoms. The SMILES string of the molecule is CC1(C)Cc2sc(C(=O)O)cc2C1=O. The Morgan fingerprint density at radius 2 is 2.21 bits per heavy atom. The maximum atomic E-state index is 11.8. The molecule has 14 heavy (non-hydrogen) atoms. The van der Waals surface area contributed by atoms with Gasteiger partial charge in [0, 0.05) is 15.9 Å². The van der Waals surface area contributed by atoms with Crippen molar-refractivity contribution < 1.29 is 14.7 Å². The minimum atomic E-state index is -0.949.